The van der Waals surface area contributed by atoms with Crippen molar-refractivity contribution in [1.82, 2.24) is 0 Å². The second-order valence-corrected chi connectivity index (χ2v) is 4.07. The molecule has 2 rings (SSSR count). The van der Waals surface area contributed by atoms with Gasteiger partial charge in [-0.25, -0.2) is 13.2 Å². The summed E-state index contributed by atoms with van der Waals surface area (Å²) >= 11 is 0. The van der Waals surface area contributed by atoms with Gasteiger partial charge in [0.2, 0.25) is 0 Å². The molecule has 5 heteroatoms. The molecule has 0 radical (unpaired) electrons. The Bertz CT molecular complexity index is 669. The van der Waals surface area contributed by atoms with Gasteiger partial charge >= 0.3 is 0 Å². The van der Waals surface area contributed by atoms with Crippen molar-refractivity contribution in [3.63, 3.8) is 0 Å². The van der Waals surface area contributed by atoms with E-state index in [1.54, 1.807) is 6.07 Å². The number of benzene rings is 2. The van der Waals surface area contributed by atoms with E-state index in [1.807, 2.05) is 0 Å². The second kappa shape index (κ2) is 5.57. The van der Waals surface area contributed by atoms with Crippen LogP contribution < -0.4 is 0 Å². The van der Waals surface area contributed by atoms with Gasteiger partial charge in [-0.3, -0.25) is 4.79 Å². The highest BCUT2D eigenvalue weighted by Gasteiger charge is 2.27. The van der Waals surface area contributed by atoms with Crippen molar-refractivity contribution in [2.75, 3.05) is 0 Å². The Hall–Kier alpha value is -2.61. The molecule has 0 aliphatic carbocycles. The van der Waals surface area contributed by atoms with E-state index in [4.69, 9.17) is 5.26 Å². The van der Waals surface area contributed by atoms with Crippen LogP contribution in [0.2, 0.25) is 0 Å². The lowest BCUT2D eigenvalue weighted by Gasteiger charge is -2.10. The number of hydrogen-bond donors (Lipinski definition) is 0. The number of carbonyl (C=O) groups excluding carboxylic acids is 1. The van der Waals surface area contributed by atoms with Crippen molar-refractivity contribution in [3.8, 4) is 6.07 Å². The largest absolute Gasteiger partial charge is 0.292 e. The van der Waals surface area contributed by atoms with E-state index in [9.17, 15) is 18.0 Å². The summed E-state index contributed by atoms with van der Waals surface area (Å²) < 4.78 is 39.9. The molecule has 2 nitrogen and oxygen atoms in total. The molecule has 0 saturated heterocycles. The van der Waals surface area contributed by atoms with Crippen molar-refractivity contribution < 1.29 is 18.0 Å². The molecule has 0 bridgehead atoms. The van der Waals surface area contributed by atoms with Crippen LogP contribution in [0.25, 0.3) is 0 Å². The van der Waals surface area contributed by atoms with Crippen LogP contribution in [0, 0.1) is 28.8 Å². The van der Waals surface area contributed by atoms with Gasteiger partial charge in [0.1, 0.15) is 23.4 Å². The summed E-state index contributed by atoms with van der Waals surface area (Å²) in [5, 5.41) is 9.05. The van der Waals surface area contributed by atoms with Crippen LogP contribution in [0.15, 0.2) is 42.5 Å². The van der Waals surface area contributed by atoms with Crippen molar-refractivity contribution in [2.24, 2.45) is 0 Å². The highest BCUT2D eigenvalue weighted by Crippen LogP contribution is 2.24. The van der Waals surface area contributed by atoms with Crippen LogP contribution in [0.1, 0.15) is 21.8 Å². The van der Waals surface area contributed by atoms with E-state index >= 15 is 0 Å². The smallest absolute Gasteiger partial charge is 0.190 e. The van der Waals surface area contributed by atoms with Gasteiger partial charge in [-0.2, -0.15) is 5.26 Å². The molecule has 20 heavy (non-hydrogen) atoms. The van der Waals surface area contributed by atoms with Crippen molar-refractivity contribution in [2.45, 2.75) is 5.92 Å². The quantitative estimate of drug-likeness (QED) is 0.803. The minimum Gasteiger partial charge on any atom is -0.292 e. The fourth-order valence-electron chi connectivity index (χ4n) is 1.82. The lowest BCUT2D eigenvalue weighted by atomic mass is 9.91. The summed E-state index contributed by atoms with van der Waals surface area (Å²) in [7, 11) is 0. The standard InChI is InChI=1S/C15H8F3NO/c16-10-6-4-9(5-7-10)11(8-19)15(20)14-12(17)2-1-3-13(14)18/h1-7,11H. The SMILES string of the molecule is N#CC(C(=O)c1c(F)cccc1F)c1ccc(F)cc1. The molecule has 0 aliphatic rings. The Labute approximate surface area is 113 Å². The summed E-state index contributed by atoms with van der Waals surface area (Å²) in [5.74, 6) is -4.97. The van der Waals surface area contributed by atoms with Crippen molar-refractivity contribution >= 4 is 5.78 Å². The van der Waals surface area contributed by atoms with E-state index in [0.717, 1.165) is 30.3 Å². The first-order valence-electron chi connectivity index (χ1n) is 5.68. The van der Waals surface area contributed by atoms with Gasteiger partial charge in [-0.05, 0) is 29.8 Å². The molecule has 0 spiro atoms. The minimum absolute atomic E-state index is 0.182. The highest BCUT2D eigenvalue weighted by molar-refractivity contribution is 6.03. The number of hydrogen-bond acceptors (Lipinski definition) is 2. The van der Waals surface area contributed by atoms with E-state index in [2.05, 4.69) is 0 Å². The fourth-order valence-corrected chi connectivity index (χ4v) is 1.82. The first-order valence-corrected chi connectivity index (χ1v) is 5.68. The maximum Gasteiger partial charge on any atom is 0.190 e. The lowest BCUT2D eigenvalue weighted by molar-refractivity contribution is 0.0970. The van der Waals surface area contributed by atoms with E-state index in [-0.39, 0.29) is 5.56 Å². The molecule has 0 fully saturated rings. The van der Waals surface area contributed by atoms with Crippen molar-refractivity contribution in [1.29, 1.82) is 5.26 Å². The van der Waals surface area contributed by atoms with Gasteiger partial charge in [0.15, 0.2) is 5.78 Å². The Balaban J connectivity index is 2.45. The van der Waals surface area contributed by atoms with Crippen molar-refractivity contribution in [3.05, 3.63) is 71.0 Å². The third-order valence-electron chi connectivity index (χ3n) is 2.80. The van der Waals surface area contributed by atoms with Crippen LogP contribution in [0.3, 0.4) is 0 Å². The van der Waals surface area contributed by atoms with Crippen LogP contribution in [0.4, 0.5) is 13.2 Å². The minimum atomic E-state index is -1.39. The zero-order valence-corrected chi connectivity index (χ0v) is 10.1. The highest BCUT2D eigenvalue weighted by atomic mass is 19.1. The predicted molar refractivity (Wildman–Crippen MR) is 65.4 cm³/mol. The molecule has 0 N–H and O–H groups in total. The first kappa shape index (κ1) is 13.8. The summed E-state index contributed by atoms with van der Waals surface area (Å²) in [6.45, 7) is 0. The topological polar surface area (TPSA) is 40.9 Å². The average Bonchev–Trinajstić information content (AvgIpc) is 2.41. The number of nitriles is 1. The molecular weight excluding hydrogens is 267 g/mol. The molecule has 1 unspecified atom stereocenters. The Morgan fingerprint density at radius 1 is 1.00 bits per heavy atom. The zero-order chi connectivity index (χ0) is 14.7. The predicted octanol–water partition coefficient (Wildman–Crippen LogP) is 3.59. The molecule has 0 aliphatic heterocycles. The van der Waals surface area contributed by atoms with Gasteiger partial charge in [0.25, 0.3) is 0 Å². The van der Waals surface area contributed by atoms with Crippen LogP contribution in [0.5, 0.6) is 0 Å². The third-order valence-corrected chi connectivity index (χ3v) is 2.80. The van der Waals surface area contributed by atoms with Gasteiger partial charge in [0.05, 0.1) is 11.6 Å². The maximum absolute atomic E-state index is 13.5. The zero-order valence-electron chi connectivity index (χ0n) is 10.1. The summed E-state index contributed by atoms with van der Waals surface area (Å²) in [5.41, 5.74) is -0.579. The van der Waals surface area contributed by atoms with Gasteiger partial charge < -0.3 is 0 Å². The normalized spacial score (nSPS) is 11.7. The molecule has 1 atom stereocenters. The lowest BCUT2D eigenvalue weighted by Crippen LogP contribution is -2.15. The van der Waals surface area contributed by atoms with E-state index < -0.39 is 34.7 Å². The first-order chi connectivity index (χ1) is 9.54. The Morgan fingerprint density at radius 2 is 1.55 bits per heavy atom. The fraction of sp³-hybridized carbons (Fsp3) is 0.0667. The van der Waals surface area contributed by atoms with E-state index in [1.165, 1.54) is 12.1 Å². The third kappa shape index (κ3) is 2.54. The molecule has 0 amide bonds. The number of Topliss-reactive ketones (excluding diaryl/α,β-unsaturated/α-hetero) is 1. The summed E-state index contributed by atoms with van der Waals surface area (Å²) in [4.78, 5) is 12.1. The Morgan fingerprint density at radius 3 is 2.05 bits per heavy atom. The molecule has 0 saturated carbocycles. The number of halogens is 3. The summed E-state index contributed by atoms with van der Waals surface area (Å²) in [6, 6.07) is 9.31. The monoisotopic (exact) mass is 275 g/mol. The van der Waals surface area contributed by atoms with E-state index in [0.29, 0.717) is 0 Å². The summed E-state index contributed by atoms with van der Waals surface area (Å²) in [6.07, 6.45) is 0. The number of carbonyl (C=O) groups is 1. The maximum atomic E-state index is 13.5. The molecule has 2 aromatic carbocycles. The molecule has 0 aromatic heterocycles. The second-order valence-electron chi connectivity index (χ2n) is 4.07. The Kier molecular flexibility index (Phi) is 3.85. The van der Waals surface area contributed by atoms with Gasteiger partial charge in [-0.15, -0.1) is 0 Å². The molecule has 100 valence electrons. The van der Waals surface area contributed by atoms with Crippen LogP contribution in [-0.4, -0.2) is 5.78 Å². The molecule has 0 heterocycles. The number of rotatable bonds is 3. The number of nitrogens with zero attached hydrogens (tertiary/aromatic N) is 1. The van der Waals surface area contributed by atoms with Gasteiger partial charge in [0, 0.05) is 0 Å². The van der Waals surface area contributed by atoms with Gasteiger partial charge in [-0.1, -0.05) is 18.2 Å². The number of ketones is 1. The van der Waals surface area contributed by atoms with Crippen LogP contribution >= 0.6 is 0 Å². The molecular formula is C15H8F3NO. The van der Waals surface area contributed by atoms with Crippen LogP contribution in [-0.2, 0) is 0 Å². The average molecular weight is 275 g/mol. The molecule has 2 aromatic rings.